The fourth-order valence-corrected chi connectivity index (χ4v) is 1.57. The molecule has 1 aromatic rings. The van der Waals surface area contributed by atoms with Crippen LogP contribution in [-0.2, 0) is 10.6 Å². The van der Waals surface area contributed by atoms with Crippen LogP contribution in [0.3, 0.4) is 0 Å². The Morgan fingerprint density at radius 3 is 3.23 bits per heavy atom. The minimum atomic E-state index is 0.364. The number of nitrogens with zero attached hydrogens (tertiary/aromatic N) is 2. The lowest BCUT2D eigenvalue weighted by Crippen LogP contribution is -2.05. The van der Waals surface area contributed by atoms with E-state index in [9.17, 15) is 0 Å². The van der Waals surface area contributed by atoms with Gasteiger partial charge in [0.05, 0.1) is 18.2 Å². The van der Waals surface area contributed by atoms with Gasteiger partial charge in [-0.05, 0) is 12.5 Å². The van der Waals surface area contributed by atoms with Crippen LogP contribution in [0.1, 0.15) is 23.9 Å². The van der Waals surface area contributed by atoms with E-state index in [2.05, 4.69) is 9.97 Å². The van der Waals surface area contributed by atoms with E-state index < -0.39 is 0 Å². The summed E-state index contributed by atoms with van der Waals surface area (Å²) in [5.74, 6) is 1.68. The van der Waals surface area contributed by atoms with Crippen molar-refractivity contribution in [3.05, 3.63) is 23.8 Å². The highest BCUT2D eigenvalue weighted by Gasteiger charge is 2.20. The van der Waals surface area contributed by atoms with Crippen molar-refractivity contribution in [1.82, 2.24) is 9.97 Å². The van der Waals surface area contributed by atoms with Crippen molar-refractivity contribution in [2.75, 3.05) is 13.2 Å². The maximum atomic E-state index is 5.68. The van der Waals surface area contributed by atoms with Crippen LogP contribution in [0.5, 0.6) is 0 Å². The predicted octanol–water partition coefficient (Wildman–Crippen LogP) is 1.72. The second kappa shape index (κ2) is 4.03. The second-order valence-electron chi connectivity index (χ2n) is 3.10. The molecule has 2 rings (SSSR count). The normalized spacial score (nSPS) is 22.1. The van der Waals surface area contributed by atoms with Gasteiger partial charge in [-0.25, -0.2) is 9.97 Å². The number of aromatic nitrogens is 2. The Labute approximate surface area is 82.1 Å². The van der Waals surface area contributed by atoms with Gasteiger partial charge in [0.15, 0.2) is 0 Å². The van der Waals surface area contributed by atoms with Gasteiger partial charge in [0, 0.05) is 18.7 Å². The van der Waals surface area contributed by atoms with Crippen LogP contribution in [0.2, 0.25) is 0 Å². The molecule has 0 N–H and O–H groups in total. The molecule has 4 heteroatoms. The third-order valence-corrected chi connectivity index (χ3v) is 2.44. The molecule has 2 heterocycles. The average Bonchev–Trinajstić information content (AvgIpc) is 2.71. The zero-order valence-electron chi connectivity index (χ0n) is 7.24. The number of rotatable bonds is 2. The minimum absolute atomic E-state index is 0.364. The molecule has 1 aromatic heterocycles. The van der Waals surface area contributed by atoms with E-state index in [0.717, 1.165) is 31.2 Å². The van der Waals surface area contributed by atoms with Gasteiger partial charge in [-0.2, -0.15) is 0 Å². The standard InChI is InChI=1S/C9H11ClN2O/c10-5-8-1-3-11-9(12-8)7-2-4-13-6-7/h1,3,7H,2,4-6H2/t7-/m0/s1. The van der Waals surface area contributed by atoms with E-state index >= 15 is 0 Å². The number of hydrogen-bond acceptors (Lipinski definition) is 3. The minimum Gasteiger partial charge on any atom is -0.381 e. The van der Waals surface area contributed by atoms with Crippen molar-refractivity contribution in [1.29, 1.82) is 0 Å². The van der Waals surface area contributed by atoms with Gasteiger partial charge < -0.3 is 4.74 Å². The van der Waals surface area contributed by atoms with Crippen molar-refractivity contribution >= 4 is 11.6 Å². The molecule has 1 fully saturated rings. The van der Waals surface area contributed by atoms with Crippen LogP contribution in [0.15, 0.2) is 12.3 Å². The summed E-state index contributed by atoms with van der Waals surface area (Å²) >= 11 is 5.68. The van der Waals surface area contributed by atoms with Gasteiger partial charge >= 0.3 is 0 Å². The predicted molar refractivity (Wildman–Crippen MR) is 49.8 cm³/mol. The molecule has 0 aliphatic carbocycles. The first-order valence-corrected chi connectivity index (χ1v) is 4.89. The van der Waals surface area contributed by atoms with E-state index in [1.54, 1.807) is 6.20 Å². The molecule has 0 radical (unpaired) electrons. The molecule has 3 nitrogen and oxygen atoms in total. The zero-order chi connectivity index (χ0) is 9.10. The lowest BCUT2D eigenvalue weighted by Gasteiger charge is -2.05. The zero-order valence-corrected chi connectivity index (χ0v) is 8.00. The van der Waals surface area contributed by atoms with Crippen molar-refractivity contribution < 1.29 is 4.74 Å². The van der Waals surface area contributed by atoms with Crippen LogP contribution in [0.25, 0.3) is 0 Å². The molecular formula is C9H11ClN2O. The highest BCUT2D eigenvalue weighted by Crippen LogP contribution is 2.21. The highest BCUT2D eigenvalue weighted by molar-refractivity contribution is 6.16. The fourth-order valence-electron chi connectivity index (χ4n) is 1.42. The van der Waals surface area contributed by atoms with E-state index in [-0.39, 0.29) is 0 Å². The molecule has 1 saturated heterocycles. The van der Waals surface area contributed by atoms with E-state index in [4.69, 9.17) is 16.3 Å². The maximum Gasteiger partial charge on any atom is 0.134 e. The van der Waals surface area contributed by atoms with Gasteiger partial charge in [0.25, 0.3) is 0 Å². The Kier molecular flexibility index (Phi) is 2.76. The molecular weight excluding hydrogens is 188 g/mol. The van der Waals surface area contributed by atoms with Crippen LogP contribution < -0.4 is 0 Å². The highest BCUT2D eigenvalue weighted by atomic mass is 35.5. The SMILES string of the molecule is ClCc1ccnc([C@H]2CCOC2)n1. The van der Waals surface area contributed by atoms with Gasteiger partial charge in [0.2, 0.25) is 0 Å². The Bertz CT molecular complexity index is 287. The molecule has 70 valence electrons. The summed E-state index contributed by atoms with van der Waals surface area (Å²) in [6.45, 7) is 1.56. The van der Waals surface area contributed by atoms with Crippen molar-refractivity contribution in [3.63, 3.8) is 0 Å². The Hall–Kier alpha value is -0.670. The molecule has 0 aromatic carbocycles. The molecule has 0 saturated carbocycles. The fraction of sp³-hybridized carbons (Fsp3) is 0.556. The first-order valence-electron chi connectivity index (χ1n) is 4.35. The second-order valence-corrected chi connectivity index (χ2v) is 3.37. The molecule has 0 unspecified atom stereocenters. The third kappa shape index (κ3) is 1.98. The summed E-state index contributed by atoms with van der Waals surface area (Å²) in [6.07, 6.45) is 2.78. The summed E-state index contributed by atoms with van der Waals surface area (Å²) in [5.41, 5.74) is 0.888. The number of hydrogen-bond donors (Lipinski definition) is 0. The molecule has 1 atom stereocenters. The van der Waals surface area contributed by atoms with Crippen LogP contribution in [0, 0.1) is 0 Å². The quantitative estimate of drug-likeness (QED) is 0.679. The smallest absolute Gasteiger partial charge is 0.134 e. The van der Waals surface area contributed by atoms with Crippen molar-refractivity contribution in [2.24, 2.45) is 0 Å². The topological polar surface area (TPSA) is 35.0 Å². The molecule has 0 bridgehead atoms. The average molecular weight is 199 g/mol. The molecule has 0 spiro atoms. The van der Waals surface area contributed by atoms with E-state index in [1.807, 2.05) is 6.07 Å². The van der Waals surface area contributed by atoms with Crippen LogP contribution in [0.4, 0.5) is 0 Å². The first-order chi connectivity index (χ1) is 6.40. The lowest BCUT2D eigenvalue weighted by atomic mass is 10.1. The molecule has 0 amide bonds. The summed E-state index contributed by atoms with van der Waals surface area (Å²) in [4.78, 5) is 8.57. The maximum absolute atomic E-state index is 5.68. The van der Waals surface area contributed by atoms with Gasteiger partial charge in [-0.1, -0.05) is 0 Å². The van der Waals surface area contributed by atoms with Crippen LogP contribution >= 0.6 is 11.6 Å². The van der Waals surface area contributed by atoms with E-state index in [1.165, 1.54) is 0 Å². The van der Waals surface area contributed by atoms with Gasteiger partial charge in [-0.15, -0.1) is 11.6 Å². The largest absolute Gasteiger partial charge is 0.381 e. The summed E-state index contributed by atoms with van der Waals surface area (Å²) in [5, 5.41) is 0. The molecule has 1 aliphatic rings. The van der Waals surface area contributed by atoms with Crippen molar-refractivity contribution in [3.8, 4) is 0 Å². The van der Waals surface area contributed by atoms with Gasteiger partial charge in [-0.3, -0.25) is 0 Å². The number of alkyl halides is 1. The number of halogens is 1. The Morgan fingerprint density at radius 2 is 2.54 bits per heavy atom. The van der Waals surface area contributed by atoms with E-state index in [0.29, 0.717) is 11.8 Å². The van der Waals surface area contributed by atoms with Gasteiger partial charge in [0.1, 0.15) is 5.82 Å². The third-order valence-electron chi connectivity index (χ3n) is 2.16. The lowest BCUT2D eigenvalue weighted by molar-refractivity contribution is 0.193. The summed E-state index contributed by atoms with van der Waals surface area (Å²) < 4.78 is 5.27. The molecule has 1 aliphatic heterocycles. The Morgan fingerprint density at radius 1 is 1.62 bits per heavy atom. The summed E-state index contributed by atoms with van der Waals surface area (Å²) in [6, 6.07) is 1.84. The summed E-state index contributed by atoms with van der Waals surface area (Å²) in [7, 11) is 0. The first kappa shape index (κ1) is 8.91. The monoisotopic (exact) mass is 198 g/mol. The molecule has 13 heavy (non-hydrogen) atoms. The Balaban J connectivity index is 2.18. The number of ether oxygens (including phenoxy) is 1. The van der Waals surface area contributed by atoms with Crippen LogP contribution in [-0.4, -0.2) is 23.2 Å². The van der Waals surface area contributed by atoms with Crippen molar-refractivity contribution in [2.45, 2.75) is 18.2 Å².